The van der Waals surface area contributed by atoms with Gasteiger partial charge in [-0.05, 0) is 43.0 Å². The molecule has 1 fully saturated rings. The Morgan fingerprint density at radius 1 is 1.23 bits per heavy atom. The van der Waals surface area contributed by atoms with Crippen LogP contribution in [0.3, 0.4) is 0 Å². The predicted octanol–water partition coefficient (Wildman–Crippen LogP) is 0.707. The molecular formula is C15H21N3O3S. The van der Waals surface area contributed by atoms with Crippen LogP contribution in [0.25, 0.3) is 0 Å². The summed E-state index contributed by atoms with van der Waals surface area (Å²) < 4.78 is 26.9. The second kappa shape index (κ2) is 5.64. The van der Waals surface area contributed by atoms with Gasteiger partial charge in [-0.3, -0.25) is 4.79 Å². The fourth-order valence-electron chi connectivity index (χ4n) is 3.13. The Morgan fingerprint density at radius 2 is 1.91 bits per heavy atom. The number of carbonyl (C=O) groups is 1. The normalized spacial score (nSPS) is 20.2. The van der Waals surface area contributed by atoms with Crippen LogP contribution in [0.15, 0.2) is 23.1 Å². The third kappa shape index (κ3) is 2.64. The van der Waals surface area contributed by atoms with Gasteiger partial charge in [0.1, 0.15) is 0 Å². The first-order valence-corrected chi connectivity index (χ1v) is 9.00. The SMILES string of the molecule is CC(=O)N1CCc2cc(S(=O)(=O)N3CCC(N)CC3)ccc21. The molecule has 0 spiro atoms. The summed E-state index contributed by atoms with van der Waals surface area (Å²) in [5, 5.41) is 0. The number of hydrogen-bond acceptors (Lipinski definition) is 4. The van der Waals surface area contributed by atoms with E-state index in [-0.39, 0.29) is 11.9 Å². The summed E-state index contributed by atoms with van der Waals surface area (Å²) in [6.07, 6.45) is 2.09. The third-order valence-electron chi connectivity index (χ3n) is 4.46. The van der Waals surface area contributed by atoms with Crippen molar-refractivity contribution in [1.29, 1.82) is 0 Å². The highest BCUT2D eigenvalue weighted by atomic mass is 32.2. The van der Waals surface area contributed by atoms with Crippen molar-refractivity contribution in [3.63, 3.8) is 0 Å². The summed E-state index contributed by atoms with van der Waals surface area (Å²) in [4.78, 5) is 13.6. The molecule has 1 saturated heterocycles. The monoisotopic (exact) mass is 323 g/mol. The maximum atomic E-state index is 12.7. The maximum absolute atomic E-state index is 12.7. The molecule has 3 rings (SSSR count). The summed E-state index contributed by atoms with van der Waals surface area (Å²) in [7, 11) is -3.47. The minimum absolute atomic E-state index is 0.0145. The van der Waals surface area contributed by atoms with Gasteiger partial charge in [-0.15, -0.1) is 0 Å². The first-order valence-electron chi connectivity index (χ1n) is 7.56. The van der Waals surface area contributed by atoms with Gasteiger partial charge < -0.3 is 10.6 Å². The topological polar surface area (TPSA) is 83.7 Å². The number of hydrogen-bond donors (Lipinski definition) is 1. The fraction of sp³-hybridized carbons (Fsp3) is 0.533. The molecule has 0 atom stereocenters. The van der Waals surface area contributed by atoms with Crippen LogP contribution in [0.1, 0.15) is 25.3 Å². The Kier molecular flexibility index (Phi) is 3.96. The van der Waals surface area contributed by atoms with Gasteiger partial charge in [-0.2, -0.15) is 4.31 Å². The molecule has 2 aliphatic rings. The van der Waals surface area contributed by atoms with Crippen LogP contribution >= 0.6 is 0 Å². The van der Waals surface area contributed by atoms with E-state index in [0.29, 0.717) is 43.8 Å². The molecule has 2 heterocycles. The number of carbonyl (C=O) groups excluding carboxylic acids is 1. The van der Waals surface area contributed by atoms with Crippen LogP contribution in [0.2, 0.25) is 0 Å². The predicted molar refractivity (Wildman–Crippen MR) is 84.1 cm³/mol. The second-order valence-electron chi connectivity index (χ2n) is 5.95. The number of fused-ring (bicyclic) bond motifs is 1. The van der Waals surface area contributed by atoms with E-state index in [1.807, 2.05) is 0 Å². The fourth-order valence-corrected chi connectivity index (χ4v) is 4.65. The van der Waals surface area contributed by atoms with Gasteiger partial charge in [0, 0.05) is 38.3 Å². The molecular weight excluding hydrogens is 302 g/mol. The van der Waals surface area contributed by atoms with Gasteiger partial charge in [0.25, 0.3) is 0 Å². The molecule has 1 aromatic rings. The lowest BCUT2D eigenvalue weighted by Crippen LogP contribution is -2.42. The number of anilines is 1. The van der Waals surface area contributed by atoms with E-state index in [1.165, 1.54) is 11.2 Å². The lowest BCUT2D eigenvalue weighted by atomic mass is 10.1. The first kappa shape index (κ1) is 15.5. The maximum Gasteiger partial charge on any atom is 0.243 e. The number of benzene rings is 1. The quantitative estimate of drug-likeness (QED) is 0.869. The molecule has 2 N–H and O–H groups in total. The van der Waals surface area contributed by atoms with Gasteiger partial charge >= 0.3 is 0 Å². The van der Waals surface area contributed by atoms with Crippen LogP contribution in [0.5, 0.6) is 0 Å². The summed E-state index contributed by atoms with van der Waals surface area (Å²) >= 11 is 0. The highest BCUT2D eigenvalue weighted by molar-refractivity contribution is 7.89. The summed E-state index contributed by atoms with van der Waals surface area (Å²) in [6.45, 7) is 3.09. The van der Waals surface area contributed by atoms with Crippen molar-refractivity contribution < 1.29 is 13.2 Å². The van der Waals surface area contributed by atoms with Gasteiger partial charge in [0.15, 0.2) is 0 Å². The highest BCUT2D eigenvalue weighted by Crippen LogP contribution is 2.31. The molecule has 0 aromatic heterocycles. The molecule has 7 heteroatoms. The largest absolute Gasteiger partial charge is 0.328 e. The molecule has 6 nitrogen and oxygen atoms in total. The number of sulfonamides is 1. The van der Waals surface area contributed by atoms with Crippen LogP contribution in [-0.2, 0) is 21.2 Å². The summed E-state index contributed by atoms with van der Waals surface area (Å²) in [5.41, 5.74) is 7.58. The molecule has 2 aliphatic heterocycles. The third-order valence-corrected chi connectivity index (χ3v) is 6.36. The molecule has 1 amide bonds. The average molecular weight is 323 g/mol. The van der Waals surface area contributed by atoms with Gasteiger partial charge in [-0.25, -0.2) is 8.42 Å². The van der Waals surface area contributed by atoms with Crippen molar-refractivity contribution in [1.82, 2.24) is 4.31 Å². The molecule has 0 bridgehead atoms. The highest BCUT2D eigenvalue weighted by Gasteiger charge is 2.30. The summed E-state index contributed by atoms with van der Waals surface area (Å²) in [5.74, 6) is -0.0145. The van der Waals surface area contributed by atoms with E-state index in [2.05, 4.69) is 0 Å². The smallest absolute Gasteiger partial charge is 0.243 e. The van der Waals surface area contributed by atoms with Crippen molar-refractivity contribution in [3.05, 3.63) is 23.8 Å². The van der Waals surface area contributed by atoms with Crippen molar-refractivity contribution in [3.8, 4) is 0 Å². The number of amides is 1. The van der Waals surface area contributed by atoms with E-state index in [1.54, 1.807) is 23.1 Å². The Hall–Kier alpha value is -1.44. The lowest BCUT2D eigenvalue weighted by Gasteiger charge is -2.29. The van der Waals surface area contributed by atoms with E-state index in [4.69, 9.17) is 5.73 Å². The van der Waals surface area contributed by atoms with E-state index in [9.17, 15) is 13.2 Å². The van der Waals surface area contributed by atoms with Crippen LogP contribution in [0, 0.1) is 0 Å². The van der Waals surface area contributed by atoms with Crippen LogP contribution in [0.4, 0.5) is 5.69 Å². The Balaban J connectivity index is 1.88. The minimum atomic E-state index is -3.47. The minimum Gasteiger partial charge on any atom is -0.328 e. The number of nitrogens with two attached hydrogens (primary N) is 1. The van der Waals surface area contributed by atoms with Gasteiger partial charge in [-0.1, -0.05) is 0 Å². The number of rotatable bonds is 2. The van der Waals surface area contributed by atoms with Gasteiger partial charge in [0.05, 0.1) is 4.90 Å². The average Bonchev–Trinajstić information content (AvgIpc) is 2.90. The standard InChI is InChI=1S/C15H21N3O3S/c1-11(19)18-9-4-12-10-14(2-3-15(12)18)22(20,21)17-7-5-13(16)6-8-17/h2-3,10,13H,4-9,16H2,1H3. The first-order chi connectivity index (χ1) is 10.4. The lowest BCUT2D eigenvalue weighted by molar-refractivity contribution is -0.116. The summed E-state index contributed by atoms with van der Waals surface area (Å²) in [6, 6.07) is 5.15. The molecule has 0 unspecified atom stereocenters. The molecule has 0 radical (unpaired) electrons. The molecule has 22 heavy (non-hydrogen) atoms. The Bertz CT molecular complexity index is 694. The number of piperidine rings is 1. The molecule has 0 aliphatic carbocycles. The Labute approximate surface area is 130 Å². The zero-order chi connectivity index (χ0) is 15.9. The van der Waals surface area contributed by atoms with Crippen molar-refractivity contribution in [2.24, 2.45) is 5.73 Å². The zero-order valence-electron chi connectivity index (χ0n) is 12.7. The van der Waals surface area contributed by atoms with Crippen LogP contribution < -0.4 is 10.6 Å². The zero-order valence-corrected chi connectivity index (χ0v) is 13.5. The van der Waals surface area contributed by atoms with Gasteiger partial charge in [0.2, 0.25) is 15.9 Å². The van der Waals surface area contributed by atoms with Crippen LogP contribution in [-0.4, -0.2) is 44.3 Å². The number of nitrogens with zero attached hydrogens (tertiary/aromatic N) is 2. The Morgan fingerprint density at radius 3 is 2.55 bits per heavy atom. The van der Waals surface area contributed by atoms with Crippen molar-refractivity contribution in [2.45, 2.75) is 37.1 Å². The molecule has 120 valence electrons. The van der Waals surface area contributed by atoms with Crippen molar-refractivity contribution >= 4 is 21.6 Å². The second-order valence-corrected chi connectivity index (χ2v) is 7.89. The van der Waals surface area contributed by atoms with E-state index < -0.39 is 10.0 Å². The molecule has 1 aromatic carbocycles. The molecule has 0 saturated carbocycles. The van der Waals surface area contributed by atoms with E-state index in [0.717, 1.165) is 11.3 Å². The van der Waals surface area contributed by atoms with E-state index >= 15 is 0 Å². The van der Waals surface area contributed by atoms with Crippen molar-refractivity contribution in [2.75, 3.05) is 24.5 Å².